The van der Waals surface area contributed by atoms with Gasteiger partial charge in [-0.1, -0.05) is 31.2 Å². The predicted molar refractivity (Wildman–Crippen MR) is 74.0 cm³/mol. The highest BCUT2D eigenvalue weighted by Gasteiger charge is 2.12. The molecule has 0 saturated carbocycles. The number of aryl methyl sites for hydroxylation is 1. The number of nitrogens with zero attached hydrogens (tertiary/aromatic N) is 1. The minimum Gasteiger partial charge on any atom is -0.477 e. The molecule has 0 amide bonds. The molecule has 0 bridgehead atoms. The number of hydrogen-bond donors (Lipinski definition) is 1. The summed E-state index contributed by atoms with van der Waals surface area (Å²) in [7, 11) is 0. The van der Waals surface area contributed by atoms with E-state index in [1.807, 2.05) is 18.2 Å². The van der Waals surface area contributed by atoms with Gasteiger partial charge in [-0.2, -0.15) is 0 Å². The van der Waals surface area contributed by atoms with Crippen LogP contribution in [0.1, 0.15) is 28.5 Å². The van der Waals surface area contributed by atoms with Gasteiger partial charge >= 0.3 is 5.97 Å². The molecule has 1 heterocycles. The Morgan fingerprint density at radius 3 is 2.61 bits per heavy atom. The van der Waals surface area contributed by atoms with Crippen molar-refractivity contribution in [1.82, 2.24) is 4.57 Å². The van der Waals surface area contributed by atoms with Crippen molar-refractivity contribution < 1.29 is 9.90 Å². The predicted octanol–water partition coefficient (Wildman–Crippen LogP) is 3.56. The second-order valence-electron chi connectivity index (χ2n) is 4.10. The van der Waals surface area contributed by atoms with Gasteiger partial charge in [-0.25, -0.2) is 4.79 Å². The van der Waals surface area contributed by atoms with E-state index in [-0.39, 0.29) is 0 Å². The molecule has 94 valence electrons. The van der Waals surface area contributed by atoms with Crippen LogP contribution in [0.25, 0.3) is 0 Å². The lowest BCUT2D eigenvalue weighted by atomic mass is 10.1. The van der Waals surface area contributed by atoms with Crippen LogP contribution in [0.3, 0.4) is 0 Å². The van der Waals surface area contributed by atoms with Crippen LogP contribution in [0, 0.1) is 0 Å². The fourth-order valence-corrected chi connectivity index (χ4v) is 2.49. The number of benzene rings is 1. The second kappa shape index (κ2) is 5.40. The lowest BCUT2D eigenvalue weighted by Crippen LogP contribution is -2.09. The van der Waals surface area contributed by atoms with Crippen molar-refractivity contribution >= 4 is 21.9 Å². The van der Waals surface area contributed by atoms with Gasteiger partial charge in [0.2, 0.25) is 0 Å². The first kappa shape index (κ1) is 12.9. The van der Waals surface area contributed by atoms with Crippen molar-refractivity contribution in [3.8, 4) is 0 Å². The molecule has 0 fully saturated rings. The number of aromatic carboxylic acids is 1. The van der Waals surface area contributed by atoms with E-state index in [1.54, 1.807) is 16.8 Å². The van der Waals surface area contributed by atoms with Gasteiger partial charge in [0.05, 0.1) is 0 Å². The zero-order valence-electron chi connectivity index (χ0n) is 10.1. The number of carboxylic acid groups (broad SMARTS) is 1. The third-order valence-electron chi connectivity index (χ3n) is 2.92. The highest BCUT2D eigenvalue weighted by molar-refractivity contribution is 9.10. The molecule has 0 spiro atoms. The van der Waals surface area contributed by atoms with E-state index in [0.717, 1.165) is 16.5 Å². The number of carbonyl (C=O) groups is 1. The Morgan fingerprint density at radius 2 is 2.00 bits per heavy atom. The first-order valence-corrected chi connectivity index (χ1v) is 6.57. The van der Waals surface area contributed by atoms with Gasteiger partial charge in [0.1, 0.15) is 5.69 Å². The molecular weight excluding hydrogens is 294 g/mol. The monoisotopic (exact) mass is 307 g/mol. The summed E-state index contributed by atoms with van der Waals surface area (Å²) in [4.78, 5) is 11.1. The van der Waals surface area contributed by atoms with Gasteiger partial charge in [-0.15, -0.1) is 0 Å². The summed E-state index contributed by atoms with van der Waals surface area (Å²) in [5, 5.41) is 9.14. The molecule has 0 radical (unpaired) electrons. The summed E-state index contributed by atoms with van der Waals surface area (Å²) in [5.74, 6) is -0.908. The first-order chi connectivity index (χ1) is 8.61. The summed E-state index contributed by atoms with van der Waals surface area (Å²) in [6.07, 6.45) is 2.75. The summed E-state index contributed by atoms with van der Waals surface area (Å²) >= 11 is 3.32. The van der Waals surface area contributed by atoms with Crippen molar-refractivity contribution in [3.63, 3.8) is 0 Å². The van der Waals surface area contributed by atoms with E-state index >= 15 is 0 Å². The minimum absolute atomic E-state index is 0.299. The van der Waals surface area contributed by atoms with Gasteiger partial charge in [-0.3, -0.25) is 0 Å². The molecule has 4 heteroatoms. The summed E-state index contributed by atoms with van der Waals surface area (Å²) < 4.78 is 2.54. The second-order valence-corrected chi connectivity index (χ2v) is 5.01. The summed E-state index contributed by atoms with van der Waals surface area (Å²) in [5.41, 5.74) is 2.71. The van der Waals surface area contributed by atoms with Crippen molar-refractivity contribution in [1.29, 1.82) is 0 Å². The minimum atomic E-state index is -0.908. The molecule has 2 rings (SSSR count). The van der Waals surface area contributed by atoms with Crippen molar-refractivity contribution in [2.45, 2.75) is 19.9 Å². The summed E-state index contributed by atoms with van der Waals surface area (Å²) in [6, 6.07) is 9.73. The van der Waals surface area contributed by atoms with Crippen LogP contribution in [-0.4, -0.2) is 15.6 Å². The zero-order chi connectivity index (χ0) is 13.1. The molecule has 0 atom stereocenters. The van der Waals surface area contributed by atoms with Crippen LogP contribution in [-0.2, 0) is 13.0 Å². The average molecular weight is 308 g/mol. The molecule has 18 heavy (non-hydrogen) atoms. The SMILES string of the molecule is CCc1ccccc1Cn1cc(Br)cc1C(=O)O. The molecular formula is C14H14BrNO2. The lowest BCUT2D eigenvalue weighted by molar-refractivity contribution is 0.0685. The fourth-order valence-electron chi connectivity index (χ4n) is 2.02. The Balaban J connectivity index is 2.36. The van der Waals surface area contributed by atoms with Crippen molar-refractivity contribution in [2.75, 3.05) is 0 Å². The highest BCUT2D eigenvalue weighted by atomic mass is 79.9. The van der Waals surface area contributed by atoms with Gasteiger partial charge < -0.3 is 9.67 Å². The Bertz CT molecular complexity index is 575. The first-order valence-electron chi connectivity index (χ1n) is 5.77. The van der Waals surface area contributed by atoms with E-state index in [1.165, 1.54) is 5.56 Å². The third-order valence-corrected chi connectivity index (χ3v) is 3.36. The largest absolute Gasteiger partial charge is 0.477 e. The number of halogens is 1. The average Bonchev–Trinajstić information content (AvgIpc) is 2.71. The molecule has 2 aromatic rings. The van der Waals surface area contributed by atoms with Crippen LogP contribution < -0.4 is 0 Å². The van der Waals surface area contributed by atoms with Crippen LogP contribution in [0.4, 0.5) is 0 Å². The van der Waals surface area contributed by atoms with Crippen LogP contribution in [0.5, 0.6) is 0 Å². The Labute approximate surface area is 114 Å². The van der Waals surface area contributed by atoms with Crippen molar-refractivity contribution in [2.24, 2.45) is 0 Å². The maximum absolute atomic E-state index is 11.1. The van der Waals surface area contributed by atoms with Gasteiger partial charge in [-0.05, 0) is 39.5 Å². The zero-order valence-corrected chi connectivity index (χ0v) is 11.6. The Hall–Kier alpha value is -1.55. The quantitative estimate of drug-likeness (QED) is 0.938. The standard InChI is InChI=1S/C14H14BrNO2/c1-2-10-5-3-4-6-11(10)8-16-9-12(15)7-13(16)14(17)18/h3-7,9H,2,8H2,1H3,(H,17,18). The number of hydrogen-bond acceptors (Lipinski definition) is 1. The molecule has 0 aliphatic carbocycles. The van der Waals surface area contributed by atoms with Crippen LogP contribution in [0.2, 0.25) is 0 Å². The topological polar surface area (TPSA) is 42.2 Å². The normalized spacial score (nSPS) is 10.6. The summed E-state index contributed by atoms with van der Waals surface area (Å²) in [6.45, 7) is 2.68. The van der Waals surface area contributed by atoms with Crippen molar-refractivity contribution in [3.05, 3.63) is 57.8 Å². The van der Waals surface area contributed by atoms with Gasteiger partial charge in [0, 0.05) is 17.2 Å². The lowest BCUT2D eigenvalue weighted by Gasteiger charge is -2.10. The van der Waals surface area contributed by atoms with E-state index in [0.29, 0.717) is 12.2 Å². The molecule has 0 aliphatic heterocycles. The third kappa shape index (κ3) is 2.64. The molecule has 0 unspecified atom stereocenters. The van der Waals surface area contributed by atoms with Crippen LogP contribution in [0.15, 0.2) is 41.0 Å². The van der Waals surface area contributed by atoms with E-state index in [2.05, 4.69) is 28.9 Å². The maximum atomic E-state index is 11.1. The number of aromatic nitrogens is 1. The molecule has 1 aromatic carbocycles. The highest BCUT2D eigenvalue weighted by Crippen LogP contribution is 2.18. The molecule has 1 N–H and O–H groups in total. The fraction of sp³-hybridized carbons (Fsp3) is 0.214. The van der Waals surface area contributed by atoms with Crippen LogP contribution >= 0.6 is 15.9 Å². The Morgan fingerprint density at radius 1 is 1.33 bits per heavy atom. The molecule has 1 aromatic heterocycles. The number of rotatable bonds is 4. The van der Waals surface area contributed by atoms with Gasteiger partial charge in [0.25, 0.3) is 0 Å². The molecule has 0 aliphatic rings. The van der Waals surface area contributed by atoms with E-state index < -0.39 is 5.97 Å². The molecule has 3 nitrogen and oxygen atoms in total. The Kier molecular flexibility index (Phi) is 3.87. The smallest absolute Gasteiger partial charge is 0.352 e. The molecule has 0 saturated heterocycles. The van der Waals surface area contributed by atoms with E-state index in [4.69, 9.17) is 5.11 Å². The number of carboxylic acids is 1. The van der Waals surface area contributed by atoms with Gasteiger partial charge in [0.15, 0.2) is 0 Å². The van der Waals surface area contributed by atoms with E-state index in [9.17, 15) is 4.79 Å². The maximum Gasteiger partial charge on any atom is 0.352 e.